The van der Waals surface area contributed by atoms with Gasteiger partial charge in [0, 0.05) is 12.1 Å². The fraction of sp³-hybridized carbons (Fsp3) is 0.231. The van der Waals surface area contributed by atoms with E-state index >= 15 is 0 Å². The van der Waals surface area contributed by atoms with Gasteiger partial charge in [0.15, 0.2) is 5.75 Å². The lowest BCUT2D eigenvalue weighted by Gasteiger charge is -2.07. The van der Waals surface area contributed by atoms with Gasteiger partial charge in [0.25, 0.3) is 0 Å². The SMILES string of the molecule is CCCn1cc(Oc2ccc(C(=N)N)cc2Br)cn1. The molecule has 0 saturated heterocycles. The molecule has 1 heterocycles. The van der Waals surface area contributed by atoms with Gasteiger partial charge in [-0.3, -0.25) is 10.1 Å². The molecule has 0 unspecified atom stereocenters. The van der Waals surface area contributed by atoms with Gasteiger partial charge in [-0.2, -0.15) is 5.10 Å². The van der Waals surface area contributed by atoms with E-state index in [0.29, 0.717) is 17.1 Å². The van der Waals surface area contributed by atoms with Gasteiger partial charge in [-0.1, -0.05) is 6.92 Å². The van der Waals surface area contributed by atoms with Crippen LogP contribution in [-0.4, -0.2) is 15.6 Å². The summed E-state index contributed by atoms with van der Waals surface area (Å²) in [6.45, 7) is 2.97. The lowest BCUT2D eigenvalue weighted by atomic mass is 10.2. The smallest absolute Gasteiger partial charge is 0.165 e. The Morgan fingerprint density at radius 2 is 2.32 bits per heavy atom. The highest BCUT2D eigenvalue weighted by atomic mass is 79.9. The molecule has 0 aliphatic rings. The first-order chi connectivity index (χ1) is 9.10. The highest BCUT2D eigenvalue weighted by molar-refractivity contribution is 9.10. The molecular weight excluding hydrogens is 308 g/mol. The van der Waals surface area contributed by atoms with E-state index in [1.54, 1.807) is 24.4 Å². The lowest BCUT2D eigenvalue weighted by Crippen LogP contribution is -2.10. The summed E-state index contributed by atoms with van der Waals surface area (Å²) in [5.74, 6) is 1.38. The fourth-order valence-electron chi connectivity index (χ4n) is 1.63. The summed E-state index contributed by atoms with van der Waals surface area (Å²) in [5.41, 5.74) is 6.08. The third kappa shape index (κ3) is 3.35. The van der Waals surface area contributed by atoms with Crippen molar-refractivity contribution < 1.29 is 4.74 Å². The van der Waals surface area contributed by atoms with Gasteiger partial charge in [-0.25, -0.2) is 0 Å². The number of nitrogens with one attached hydrogen (secondary N) is 1. The molecule has 6 heteroatoms. The molecule has 1 aromatic heterocycles. The topological polar surface area (TPSA) is 76.9 Å². The Morgan fingerprint density at radius 1 is 1.53 bits per heavy atom. The monoisotopic (exact) mass is 322 g/mol. The predicted molar refractivity (Wildman–Crippen MR) is 77.8 cm³/mol. The first kappa shape index (κ1) is 13.6. The summed E-state index contributed by atoms with van der Waals surface area (Å²) in [6, 6.07) is 5.28. The van der Waals surface area contributed by atoms with E-state index < -0.39 is 0 Å². The van der Waals surface area contributed by atoms with Gasteiger partial charge in [0.1, 0.15) is 11.6 Å². The zero-order chi connectivity index (χ0) is 13.8. The van der Waals surface area contributed by atoms with Crippen LogP contribution in [0.4, 0.5) is 0 Å². The van der Waals surface area contributed by atoms with Crippen molar-refractivity contribution in [2.45, 2.75) is 19.9 Å². The highest BCUT2D eigenvalue weighted by Crippen LogP contribution is 2.30. The number of hydrogen-bond acceptors (Lipinski definition) is 3. The molecule has 0 aliphatic heterocycles. The molecule has 0 atom stereocenters. The predicted octanol–water partition coefficient (Wildman–Crippen LogP) is 3.13. The minimum atomic E-state index is 0.0306. The second kappa shape index (κ2) is 5.88. The molecule has 100 valence electrons. The molecule has 2 rings (SSSR count). The fourth-order valence-corrected chi connectivity index (χ4v) is 2.09. The minimum Gasteiger partial charge on any atom is -0.453 e. The van der Waals surface area contributed by atoms with E-state index in [4.69, 9.17) is 15.9 Å². The molecule has 0 fully saturated rings. The average molecular weight is 323 g/mol. The van der Waals surface area contributed by atoms with Crippen molar-refractivity contribution in [1.29, 1.82) is 5.41 Å². The molecule has 2 aromatic rings. The number of benzene rings is 1. The van der Waals surface area contributed by atoms with Crippen molar-refractivity contribution in [3.63, 3.8) is 0 Å². The molecule has 1 aromatic carbocycles. The van der Waals surface area contributed by atoms with E-state index in [0.717, 1.165) is 17.4 Å². The minimum absolute atomic E-state index is 0.0306. The number of aryl methyl sites for hydroxylation is 1. The van der Waals surface area contributed by atoms with Crippen LogP contribution in [0.2, 0.25) is 0 Å². The van der Waals surface area contributed by atoms with Crippen LogP contribution >= 0.6 is 15.9 Å². The number of nitrogens with two attached hydrogens (primary N) is 1. The molecule has 0 bridgehead atoms. The summed E-state index contributed by atoms with van der Waals surface area (Å²) < 4.78 is 8.32. The molecule has 0 aliphatic carbocycles. The Morgan fingerprint density at radius 3 is 2.95 bits per heavy atom. The van der Waals surface area contributed by atoms with Crippen molar-refractivity contribution in [1.82, 2.24) is 9.78 Å². The standard InChI is InChI=1S/C13H15BrN4O/c1-2-5-18-8-10(7-17-18)19-12-4-3-9(13(15)16)6-11(12)14/h3-4,6-8H,2,5H2,1H3,(H3,15,16). The molecular formula is C13H15BrN4O. The van der Waals surface area contributed by atoms with E-state index in [1.807, 2.05) is 10.9 Å². The molecule has 3 N–H and O–H groups in total. The normalized spacial score (nSPS) is 10.4. The van der Waals surface area contributed by atoms with Crippen molar-refractivity contribution in [3.05, 3.63) is 40.6 Å². The van der Waals surface area contributed by atoms with Crippen LogP contribution in [-0.2, 0) is 6.54 Å². The average Bonchev–Trinajstić information content (AvgIpc) is 2.79. The second-order valence-corrected chi connectivity index (χ2v) is 4.95. The van der Waals surface area contributed by atoms with Crippen molar-refractivity contribution in [3.8, 4) is 11.5 Å². The molecule has 19 heavy (non-hydrogen) atoms. The molecule has 0 amide bonds. The lowest BCUT2D eigenvalue weighted by molar-refractivity contribution is 0.477. The van der Waals surface area contributed by atoms with Crippen molar-refractivity contribution in [2.24, 2.45) is 5.73 Å². The molecule has 0 spiro atoms. The number of rotatable bonds is 5. The summed E-state index contributed by atoms with van der Waals surface area (Å²) >= 11 is 3.41. The number of nitrogens with zero attached hydrogens (tertiary/aromatic N) is 2. The van der Waals surface area contributed by atoms with Crippen LogP contribution < -0.4 is 10.5 Å². The number of hydrogen-bond donors (Lipinski definition) is 2. The zero-order valence-corrected chi connectivity index (χ0v) is 12.1. The number of amidine groups is 1. The van der Waals surface area contributed by atoms with Crippen LogP contribution in [0.1, 0.15) is 18.9 Å². The number of halogens is 1. The van der Waals surface area contributed by atoms with Crippen LogP contribution in [0.25, 0.3) is 0 Å². The third-order valence-corrected chi connectivity index (χ3v) is 3.15. The van der Waals surface area contributed by atoms with E-state index in [9.17, 15) is 0 Å². The van der Waals surface area contributed by atoms with Crippen LogP contribution in [0.3, 0.4) is 0 Å². The maximum Gasteiger partial charge on any atom is 0.165 e. The molecule has 5 nitrogen and oxygen atoms in total. The molecule has 0 saturated carbocycles. The summed E-state index contributed by atoms with van der Waals surface area (Å²) in [5, 5.41) is 11.6. The van der Waals surface area contributed by atoms with E-state index in [2.05, 4.69) is 28.0 Å². The van der Waals surface area contributed by atoms with E-state index in [-0.39, 0.29) is 5.84 Å². The quantitative estimate of drug-likeness (QED) is 0.655. The Bertz CT molecular complexity index is 594. The van der Waals surface area contributed by atoms with Gasteiger partial charge in [-0.15, -0.1) is 0 Å². The van der Waals surface area contributed by atoms with Crippen LogP contribution in [0, 0.1) is 5.41 Å². The van der Waals surface area contributed by atoms with Gasteiger partial charge < -0.3 is 10.5 Å². The summed E-state index contributed by atoms with van der Waals surface area (Å²) in [6.07, 6.45) is 4.56. The number of nitrogen functional groups attached to an aromatic ring is 1. The second-order valence-electron chi connectivity index (χ2n) is 4.10. The highest BCUT2D eigenvalue weighted by Gasteiger charge is 2.07. The van der Waals surface area contributed by atoms with Gasteiger partial charge in [-0.05, 0) is 40.5 Å². The van der Waals surface area contributed by atoms with Crippen molar-refractivity contribution in [2.75, 3.05) is 0 Å². The van der Waals surface area contributed by atoms with Gasteiger partial charge >= 0.3 is 0 Å². The first-order valence-corrected chi connectivity index (χ1v) is 6.73. The number of ether oxygens (including phenoxy) is 1. The van der Waals surface area contributed by atoms with E-state index in [1.165, 1.54) is 0 Å². The van der Waals surface area contributed by atoms with Crippen LogP contribution in [0.15, 0.2) is 35.1 Å². The zero-order valence-electron chi connectivity index (χ0n) is 10.6. The van der Waals surface area contributed by atoms with Gasteiger partial charge in [0.2, 0.25) is 0 Å². The summed E-state index contributed by atoms with van der Waals surface area (Å²) in [7, 11) is 0. The largest absolute Gasteiger partial charge is 0.453 e. The maximum absolute atomic E-state index is 7.38. The maximum atomic E-state index is 7.38. The van der Waals surface area contributed by atoms with Crippen molar-refractivity contribution >= 4 is 21.8 Å². The first-order valence-electron chi connectivity index (χ1n) is 5.94. The molecule has 0 radical (unpaired) electrons. The number of aromatic nitrogens is 2. The summed E-state index contributed by atoms with van der Waals surface area (Å²) in [4.78, 5) is 0. The third-order valence-electron chi connectivity index (χ3n) is 2.53. The Hall–Kier alpha value is -1.82. The van der Waals surface area contributed by atoms with Crippen LogP contribution in [0.5, 0.6) is 11.5 Å². The Labute approximate surface area is 120 Å². The Kier molecular flexibility index (Phi) is 4.21. The Balaban J connectivity index is 2.16. The van der Waals surface area contributed by atoms with Gasteiger partial charge in [0.05, 0.1) is 16.9 Å².